The number of nitrogens with zero attached hydrogens (tertiary/aromatic N) is 3. The Labute approximate surface area is 158 Å². The second kappa shape index (κ2) is 7.58. The average Bonchev–Trinajstić information content (AvgIpc) is 2.97. The van der Waals surface area contributed by atoms with Crippen molar-refractivity contribution >= 4 is 17.5 Å². The predicted octanol–water partition coefficient (Wildman–Crippen LogP) is 2.28. The zero-order valence-electron chi connectivity index (χ0n) is 15.1. The van der Waals surface area contributed by atoms with Crippen molar-refractivity contribution in [3.05, 3.63) is 66.0 Å². The second-order valence-corrected chi connectivity index (χ2v) is 7.06. The van der Waals surface area contributed by atoms with E-state index in [4.69, 9.17) is 0 Å². The van der Waals surface area contributed by atoms with E-state index in [1.807, 2.05) is 18.2 Å². The van der Waals surface area contributed by atoms with E-state index in [0.29, 0.717) is 5.69 Å². The van der Waals surface area contributed by atoms with Crippen molar-refractivity contribution in [3.63, 3.8) is 0 Å². The standard InChI is InChI=1S/C21H22FN3O2/c22-17-7-4-8-18(13-17)25-20(26)14-19(21(25)27)24-11-9-23(10-12-24)15-16-5-2-1-3-6-16/h1-8,13,19H,9-12,14-15H2. The number of carbonyl (C=O) groups excluding carboxylic acids is 2. The number of imide groups is 1. The number of halogens is 1. The normalized spacial score (nSPS) is 21.8. The number of amides is 2. The molecule has 2 amide bonds. The van der Waals surface area contributed by atoms with E-state index >= 15 is 0 Å². The first-order valence-electron chi connectivity index (χ1n) is 9.24. The maximum Gasteiger partial charge on any atom is 0.251 e. The lowest BCUT2D eigenvalue weighted by atomic mass is 10.1. The number of carbonyl (C=O) groups is 2. The molecule has 4 rings (SSSR count). The number of piperazine rings is 1. The smallest absolute Gasteiger partial charge is 0.251 e. The highest BCUT2D eigenvalue weighted by molar-refractivity contribution is 6.22. The minimum absolute atomic E-state index is 0.161. The molecule has 0 aliphatic carbocycles. The predicted molar refractivity (Wildman–Crippen MR) is 101 cm³/mol. The van der Waals surface area contributed by atoms with Gasteiger partial charge in [-0.2, -0.15) is 0 Å². The van der Waals surface area contributed by atoms with Gasteiger partial charge in [-0.3, -0.25) is 19.4 Å². The van der Waals surface area contributed by atoms with Gasteiger partial charge in [0.15, 0.2) is 0 Å². The van der Waals surface area contributed by atoms with Crippen molar-refractivity contribution in [3.8, 4) is 0 Å². The van der Waals surface area contributed by atoms with Crippen LogP contribution in [0.3, 0.4) is 0 Å². The van der Waals surface area contributed by atoms with E-state index in [1.165, 1.54) is 23.8 Å². The zero-order chi connectivity index (χ0) is 18.8. The maximum atomic E-state index is 13.5. The van der Waals surface area contributed by atoms with Crippen LogP contribution in [0.15, 0.2) is 54.6 Å². The lowest BCUT2D eigenvalue weighted by molar-refractivity contribution is -0.123. The van der Waals surface area contributed by atoms with Gasteiger partial charge in [0.05, 0.1) is 18.2 Å². The quantitative estimate of drug-likeness (QED) is 0.778. The highest BCUT2D eigenvalue weighted by Crippen LogP contribution is 2.27. The molecular formula is C21H22FN3O2. The summed E-state index contributed by atoms with van der Waals surface area (Å²) in [4.78, 5) is 30.8. The number of rotatable bonds is 4. The van der Waals surface area contributed by atoms with Crippen molar-refractivity contribution in [2.45, 2.75) is 19.0 Å². The minimum Gasteiger partial charge on any atom is -0.297 e. The lowest BCUT2D eigenvalue weighted by Gasteiger charge is -2.37. The van der Waals surface area contributed by atoms with Crippen molar-refractivity contribution in [2.75, 3.05) is 31.1 Å². The van der Waals surface area contributed by atoms with E-state index in [0.717, 1.165) is 37.6 Å². The Hall–Kier alpha value is -2.57. The van der Waals surface area contributed by atoms with E-state index in [2.05, 4.69) is 21.9 Å². The molecule has 0 saturated carbocycles. The van der Waals surface area contributed by atoms with Gasteiger partial charge < -0.3 is 0 Å². The summed E-state index contributed by atoms with van der Waals surface area (Å²) in [5.74, 6) is -0.962. The number of benzene rings is 2. The fourth-order valence-corrected chi connectivity index (χ4v) is 3.86. The topological polar surface area (TPSA) is 43.9 Å². The number of hydrogen-bond donors (Lipinski definition) is 0. The third-order valence-electron chi connectivity index (χ3n) is 5.29. The van der Waals surface area contributed by atoms with Crippen molar-refractivity contribution in [1.82, 2.24) is 9.80 Å². The first-order chi connectivity index (χ1) is 13.1. The molecule has 2 aliphatic rings. The molecule has 1 unspecified atom stereocenters. The first-order valence-corrected chi connectivity index (χ1v) is 9.24. The van der Waals surface area contributed by atoms with Crippen LogP contribution in [0.25, 0.3) is 0 Å². The summed E-state index contributed by atoms with van der Waals surface area (Å²) in [5, 5.41) is 0. The molecule has 2 aliphatic heterocycles. The number of anilines is 1. The molecule has 27 heavy (non-hydrogen) atoms. The molecule has 140 valence electrons. The maximum absolute atomic E-state index is 13.5. The SMILES string of the molecule is O=C1CC(N2CCN(Cc3ccccc3)CC2)C(=O)N1c1cccc(F)c1. The van der Waals surface area contributed by atoms with E-state index < -0.39 is 11.9 Å². The Morgan fingerprint density at radius 3 is 2.37 bits per heavy atom. The highest BCUT2D eigenvalue weighted by Gasteiger charge is 2.43. The van der Waals surface area contributed by atoms with Gasteiger partial charge in [-0.1, -0.05) is 36.4 Å². The van der Waals surface area contributed by atoms with E-state index in [9.17, 15) is 14.0 Å². The molecule has 0 spiro atoms. The lowest BCUT2D eigenvalue weighted by Crippen LogP contribution is -2.52. The van der Waals surface area contributed by atoms with Gasteiger partial charge in [-0.25, -0.2) is 9.29 Å². The molecule has 0 bridgehead atoms. The third kappa shape index (κ3) is 3.77. The van der Waals surface area contributed by atoms with E-state index in [1.54, 1.807) is 6.07 Å². The molecule has 2 fully saturated rings. The molecule has 2 saturated heterocycles. The van der Waals surface area contributed by atoms with Crippen LogP contribution in [0.5, 0.6) is 0 Å². The molecule has 2 aromatic carbocycles. The van der Waals surface area contributed by atoms with Crippen molar-refractivity contribution in [2.24, 2.45) is 0 Å². The Morgan fingerprint density at radius 2 is 1.67 bits per heavy atom. The zero-order valence-corrected chi connectivity index (χ0v) is 15.1. The number of hydrogen-bond acceptors (Lipinski definition) is 4. The van der Waals surface area contributed by atoms with Gasteiger partial charge in [-0.15, -0.1) is 0 Å². The van der Waals surface area contributed by atoms with Gasteiger partial charge in [0, 0.05) is 32.7 Å². The second-order valence-electron chi connectivity index (χ2n) is 7.06. The van der Waals surface area contributed by atoms with Gasteiger partial charge >= 0.3 is 0 Å². The van der Waals surface area contributed by atoms with Gasteiger partial charge in [0.2, 0.25) is 5.91 Å². The molecule has 6 heteroatoms. The fraction of sp³-hybridized carbons (Fsp3) is 0.333. The molecule has 0 radical (unpaired) electrons. The summed E-state index contributed by atoms with van der Waals surface area (Å²) < 4.78 is 13.5. The summed E-state index contributed by atoms with van der Waals surface area (Å²) in [6.45, 7) is 4.09. The van der Waals surface area contributed by atoms with Crippen molar-refractivity contribution in [1.29, 1.82) is 0 Å². The van der Waals surface area contributed by atoms with Crippen LogP contribution in [0.1, 0.15) is 12.0 Å². The van der Waals surface area contributed by atoms with Crippen LogP contribution in [-0.4, -0.2) is 53.8 Å². The summed E-state index contributed by atoms with van der Waals surface area (Å²) in [6.07, 6.45) is 0.161. The molecule has 5 nitrogen and oxygen atoms in total. The van der Waals surface area contributed by atoms with E-state index in [-0.39, 0.29) is 18.2 Å². The Morgan fingerprint density at radius 1 is 0.926 bits per heavy atom. The van der Waals surface area contributed by atoms with Crippen LogP contribution < -0.4 is 4.90 Å². The van der Waals surface area contributed by atoms with Crippen LogP contribution in [-0.2, 0) is 16.1 Å². The molecule has 0 N–H and O–H groups in total. The van der Waals surface area contributed by atoms with Crippen LogP contribution in [0.2, 0.25) is 0 Å². The third-order valence-corrected chi connectivity index (χ3v) is 5.29. The Bertz CT molecular complexity index is 834. The summed E-state index contributed by atoms with van der Waals surface area (Å²) in [5.41, 5.74) is 1.59. The molecular weight excluding hydrogens is 345 g/mol. The minimum atomic E-state index is -0.453. The Balaban J connectivity index is 1.39. The monoisotopic (exact) mass is 367 g/mol. The fourth-order valence-electron chi connectivity index (χ4n) is 3.86. The van der Waals surface area contributed by atoms with Gasteiger partial charge in [-0.05, 0) is 23.8 Å². The van der Waals surface area contributed by atoms with Crippen LogP contribution >= 0.6 is 0 Å². The first kappa shape index (κ1) is 17.8. The summed E-state index contributed by atoms with van der Waals surface area (Å²) in [6, 6.07) is 15.5. The Kier molecular flexibility index (Phi) is 5.01. The van der Waals surface area contributed by atoms with Gasteiger partial charge in [0.25, 0.3) is 5.91 Å². The largest absolute Gasteiger partial charge is 0.297 e. The average molecular weight is 367 g/mol. The van der Waals surface area contributed by atoms with Crippen LogP contribution in [0, 0.1) is 5.82 Å². The van der Waals surface area contributed by atoms with Gasteiger partial charge in [0.1, 0.15) is 5.82 Å². The van der Waals surface area contributed by atoms with Crippen molar-refractivity contribution < 1.29 is 14.0 Å². The summed E-state index contributed by atoms with van der Waals surface area (Å²) >= 11 is 0. The van der Waals surface area contributed by atoms with Crippen LogP contribution in [0.4, 0.5) is 10.1 Å². The highest BCUT2D eigenvalue weighted by atomic mass is 19.1. The molecule has 2 heterocycles. The summed E-state index contributed by atoms with van der Waals surface area (Å²) in [7, 11) is 0. The molecule has 1 atom stereocenters. The molecule has 2 aromatic rings. The molecule has 0 aromatic heterocycles.